The van der Waals surface area contributed by atoms with E-state index < -0.39 is 17.9 Å². The van der Waals surface area contributed by atoms with Crippen molar-refractivity contribution in [3.8, 4) is 6.07 Å². The van der Waals surface area contributed by atoms with Crippen molar-refractivity contribution in [1.82, 2.24) is 0 Å². The molecule has 1 aliphatic carbocycles. The van der Waals surface area contributed by atoms with Crippen LogP contribution in [0, 0.1) is 17.2 Å². The van der Waals surface area contributed by atoms with E-state index in [1.165, 1.54) is 18.2 Å². The molecule has 0 N–H and O–H groups in total. The molecule has 0 aromatic heterocycles. The van der Waals surface area contributed by atoms with Crippen molar-refractivity contribution in [3.05, 3.63) is 23.8 Å². The van der Waals surface area contributed by atoms with E-state index in [4.69, 9.17) is 5.26 Å². The van der Waals surface area contributed by atoms with Crippen molar-refractivity contribution in [1.29, 1.82) is 5.26 Å². The molecular formula is C9H8FNO. The van der Waals surface area contributed by atoms with Crippen LogP contribution in [0.25, 0.3) is 0 Å². The summed E-state index contributed by atoms with van der Waals surface area (Å²) in [5.74, 6) is -1.11. The summed E-state index contributed by atoms with van der Waals surface area (Å²) in [6.07, 6.45) is 2.52. The minimum atomic E-state index is -1.62. The third kappa shape index (κ3) is 1.42. The minimum Gasteiger partial charge on any atom is -0.291 e. The van der Waals surface area contributed by atoms with Crippen LogP contribution in [0.1, 0.15) is 6.92 Å². The highest BCUT2D eigenvalue weighted by Gasteiger charge is 2.25. The molecule has 12 heavy (non-hydrogen) atoms. The van der Waals surface area contributed by atoms with E-state index >= 15 is 0 Å². The maximum atomic E-state index is 13.1. The Morgan fingerprint density at radius 3 is 3.00 bits per heavy atom. The Labute approximate surface area is 70.0 Å². The lowest BCUT2D eigenvalue weighted by atomic mass is 9.92. The molecule has 2 atom stereocenters. The summed E-state index contributed by atoms with van der Waals surface area (Å²) < 4.78 is 13.1. The number of nitrogens with zero attached hydrogens (tertiary/aromatic N) is 1. The first kappa shape index (κ1) is 8.66. The Morgan fingerprint density at radius 1 is 1.75 bits per heavy atom. The van der Waals surface area contributed by atoms with Gasteiger partial charge in [0.2, 0.25) is 0 Å². The number of carbonyl (C=O) groups excluding carboxylic acids is 1. The Kier molecular flexibility index (Phi) is 2.39. The van der Waals surface area contributed by atoms with Crippen molar-refractivity contribution in [2.45, 2.75) is 13.1 Å². The fraction of sp³-hybridized carbons (Fsp3) is 0.333. The quantitative estimate of drug-likeness (QED) is 0.591. The Balaban J connectivity index is 2.91. The van der Waals surface area contributed by atoms with Crippen LogP contribution in [0.2, 0.25) is 0 Å². The van der Waals surface area contributed by atoms with Gasteiger partial charge in [0.05, 0.1) is 12.0 Å². The van der Waals surface area contributed by atoms with Gasteiger partial charge in [-0.15, -0.1) is 0 Å². The van der Waals surface area contributed by atoms with E-state index in [1.807, 2.05) is 6.07 Å². The summed E-state index contributed by atoms with van der Waals surface area (Å²) >= 11 is 0. The summed E-state index contributed by atoms with van der Waals surface area (Å²) in [6.45, 7) is 1.57. The van der Waals surface area contributed by atoms with Gasteiger partial charge in [-0.1, -0.05) is 12.2 Å². The zero-order valence-electron chi connectivity index (χ0n) is 6.62. The predicted octanol–water partition coefficient (Wildman–Crippen LogP) is 1.55. The van der Waals surface area contributed by atoms with Crippen LogP contribution < -0.4 is 0 Å². The first-order valence-corrected chi connectivity index (χ1v) is 3.62. The lowest BCUT2D eigenvalue weighted by molar-refractivity contribution is -0.118. The molecule has 0 heterocycles. The number of allylic oxidation sites excluding steroid dienone is 4. The molecule has 0 fully saturated rings. The van der Waals surface area contributed by atoms with Gasteiger partial charge in [-0.05, 0) is 18.6 Å². The van der Waals surface area contributed by atoms with E-state index in [9.17, 15) is 9.18 Å². The van der Waals surface area contributed by atoms with Crippen molar-refractivity contribution in [2.75, 3.05) is 0 Å². The molecule has 0 aromatic carbocycles. The molecule has 0 amide bonds. The van der Waals surface area contributed by atoms with Crippen LogP contribution in [0.3, 0.4) is 0 Å². The third-order valence-electron chi connectivity index (χ3n) is 1.79. The van der Waals surface area contributed by atoms with Crippen LogP contribution in [0.5, 0.6) is 0 Å². The molecule has 0 bridgehead atoms. The second-order valence-corrected chi connectivity index (χ2v) is 2.64. The summed E-state index contributed by atoms with van der Waals surface area (Å²) in [5, 5.41) is 8.50. The van der Waals surface area contributed by atoms with Gasteiger partial charge in [0, 0.05) is 0 Å². The molecule has 2 nitrogen and oxygen atoms in total. The van der Waals surface area contributed by atoms with Gasteiger partial charge < -0.3 is 0 Å². The highest BCUT2D eigenvalue weighted by Crippen LogP contribution is 2.21. The molecule has 1 aliphatic rings. The number of rotatable bonds is 1. The maximum Gasteiger partial charge on any atom is 0.194 e. The molecule has 3 heteroatoms. The van der Waals surface area contributed by atoms with E-state index in [0.29, 0.717) is 0 Å². The van der Waals surface area contributed by atoms with Gasteiger partial charge in [-0.2, -0.15) is 5.26 Å². The van der Waals surface area contributed by atoms with E-state index in [1.54, 1.807) is 6.92 Å². The highest BCUT2D eigenvalue weighted by atomic mass is 19.1. The van der Waals surface area contributed by atoms with Gasteiger partial charge in [-0.25, -0.2) is 4.39 Å². The summed E-state index contributed by atoms with van der Waals surface area (Å²) in [4.78, 5) is 10.8. The number of hydrogen-bond acceptors (Lipinski definition) is 2. The fourth-order valence-electron chi connectivity index (χ4n) is 1.03. The van der Waals surface area contributed by atoms with Crippen molar-refractivity contribution in [3.63, 3.8) is 0 Å². The number of carbonyl (C=O) groups is 1. The molecule has 0 saturated heterocycles. The molecule has 1 rings (SSSR count). The number of alkyl halides is 1. The molecular weight excluding hydrogens is 157 g/mol. The molecule has 0 spiro atoms. The van der Waals surface area contributed by atoms with Crippen molar-refractivity contribution < 1.29 is 9.18 Å². The predicted molar refractivity (Wildman–Crippen MR) is 41.9 cm³/mol. The first-order chi connectivity index (χ1) is 5.66. The van der Waals surface area contributed by atoms with Crippen LogP contribution in [0.4, 0.5) is 4.39 Å². The fourth-order valence-corrected chi connectivity index (χ4v) is 1.03. The van der Waals surface area contributed by atoms with Crippen molar-refractivity contribution >= 4 is 5.78 Å². The summed E-state index contributed by atoms with van der Waals surface area (Å²) in [5.41, 5.74) is 0.255. The van der Waals surface area contributed by atoms with Crippen LogP contribution in [-0.4, -0.2) is 12.0 Å². The van der Waals surface area contributed by atoms with Crippen LogP contribution >= 0.6 is 0 Å². The summed E-state index contributed by atoms with van der Waals surface area (Å²) in [7, 11) is 0. The van der Waals surface area contributed by atoms with Gasteiger partial charge in [0.15, 0.2) is 12.0 Å². The van der Waals surface area contributed by atoms with Gasteiger partial charge >= 0.3 is 0 Å². The standard InChI is InChI=1S/C9H8FNO/c1-6(5-11)7-3-2-4-8(12)9(7)10/h2-4,6,9H,1H3. The van der Waals surface area contributed by atoms with Crippen LogP contribution in [0.15, 0.2) is 23.8 Å². The molecule has 0 aromatic rings. The number of ketones is 1. The zero-order chi connectivity index (χ0) is 9.14. The second-order valence-electron chi connectivity index (χ2n) is 2.64. The van der Waals surface area contributed by atoms with E-state index in [-0.39, 0.29) is 5.57 Å². The first-order valence-electron chi connectivity index (χ1n) is 3.62. The second kappa shape index (κ2) is 3.31. The monoisotopic (exact) mass is 165 g/mol. The number of halogens is 1. The van der Waals surface area contributed by atoms with E-state index in [2.05, 4.69) is 0 Å². The third-order valence-corrected chi connectivity index (χ3v) is 1.79. The maximum absolute atomic E-state index is 13.1. The average molecular weight is 165 g/mol. The molecule has 0 saturated carbocycles. The number of nitriles is 1. The molecule has 0 aliphatic heterocycles. The topological polar surface area (TPSA) is 40.9 Å². The lowest BCUT2D eigenvalue weighted by Gasteiger charge is -2.14. The highest BCUT2D eigenvalue weighted by molar-refractivity contribution is 5.97. The Bertz CT molecular complexity index is 298. The zero-order valence-corrected chi connectivity index (χ0v) is 6.62. The van der Waals surface area contributed by atoms with Gasteiger partial charge in [-0.3, -0.25) is 4.79 Å². The number of hydrogen-bond donors (Lipinski definition) is 0. The Morgan fingerprint density at radius 2 is 2.42 bits per heavy atom. The van der Waals surface area contributed by atoms with Crippen LogP contribution in [-0.2, 0) is 4.79 Å². The summed E-state index contributed by atoms with van der Waals surface area (Å²) in [6, 6.07) is 1.89. The largest absolute Gasteiger partial charge is 0.291 e. The normalized spacial score (nSPS) is 24.6. The van der Waals surface area contributed by atoms with E-state index in [0.717, 1.165) is 0 Å². The lowest BCUT2D eigenvalue weighted by Crippen LogP contribution is -2.21. The molecule has 0 radical (unpaired) electrons. The smallest absolute Gasteiger partial charge is 0.194 e. The molecule has 62 valence electrons. The Hall–Kier alpha value is -1.43. The average Bonchev–Trinajstić information content (AvgIpc) is 2.08. The van der Waals surface area contributed by atoms with Gasteiger partial charge in [0.1, 0.15) is 0 Å². The molecule has 2 unspecified atom stereocenters. The minimum absolute atomic E-state index is 0.255. The van der Waals surface area contributed by atoms with Gasteiger partial charge in [0.25, 0.3) is 0 Å². The van der Waals surface area contributed by atoms with Crippen molar-refractivity contribution in [2.24, 2.45) is 5.92 Å². The SMILES string of the molecule is CC(C#N)C1=CC=CC(=O)C1F.